The number of hydrogen-bond acceptors (Lipinski definition) is 2. The topological polar surface area (TPSA) is 0 Å². The summed E-state index contributed by atoms with van der Waals surface area (Å²) in [7, 11) is 0. The summed E-state index contributed by atoms with van der Waals surface area (Å²) >= 11 is 2.17. The van der Waals surface area contributed by atoms with Crippen molar-refractivity contribution in [3.63, 3.8) is 0 Å². The van der Waals surface area contributed by atoms with Crippen molar-refractivity contribution >= 4 is 44.3 Å². The van der Waals surface area contributed by atoms with Crippen LogP contribution in [-0.4, -0.2) is 22.5 Å². The Hall–Kier alpha value is -1.93. The van der Waals surface area contributed by atoms with Crippen molar-refractivity contribution in [2.75, 3.05) is 0 Å². The molecule has 0 spiro atoms. The lowest BCUT2D eigenvalue weighted by Gasteiger charge is -2.47. The fourth-order valence-corrected chi connectivity index (χ4v) is 8.59. The molecule has 0 bridgehead atoms. The monoisotopic (exact) mass is 468 g/mol. The highest BCUT2D eigenvalue weighted by Crippen LogP contribution is 2.77. The minimum absolute atomic E-state index is 0.158. The lowest BCUT2D eigenvalue weighted by molar-refractivity contribution is -0.284. The van der Waals surface area contributed by atoms with Gasteiger partial charge in [-0.1, -0.05) is 36.4 Å². The van der Waals surface area contributed by atoms with Crippen LogP contribution in [0.2, 0.25) is 0 Å². The maximum Gasteiger partial charge on any atom is 0.376 e. The zero-order valence-electron chi connectivity index (χ0n) is 16.2. The first-order valence-corrected chi connectivity index (χ1v) is 11.2. The van der Waals surface area contributed by atoms with Crippen LogP contribution in [0.25, 0.3) is 21.2 Å². The molecule has 8 heteroatoms. The van der Waals surface area contributed by atoms with Gasteiger partial charge in [0.1, 0.15) is 0 Å². The second kappa shape index (κ2) is 5.34. The van der Waals surface area contributed by atoms with Crippen LogP contribution in [0.15, 0.2) is 53.4 Å². The molecule has 2 aliphatic carbocycles. The molecule has 1 fully saturated rings. The SMILES string of the molecule is CC12Sc3ccccc3C1=c1sc3ccccc3c1=C1C(F)(F)C(F)(F)C(F)(F)C12C. The van der Waals surface area contributed by atoms with E-state index in [1.54, 1.807) is 48.5 Å². The van der Waals surface area contributed by atoms with E-state index in [-0.39, 0.29) is 5.22 Å². The number of benzene rings is 2. The summed E-state index contributed by atoms with van der Waals surface area (Å²) in [5, 5.41) is 0.149. The van der Waals surface area contributed by atoms with E-state index >= 15 is 17.6 Å². The van der Waals surface area contributed by atoms with Gasteiger partial charge in [-0.3, -0.25) is 0 Å². The largest absolute Gasteiger partial charge is 0.376 e. The Bertz CT molecular complexity index is 1440. The maximum atomic E-state index is 15.6. The highest BCUT2D eigenvalue weighted by molar-refractivity contribution is 8.01. The van der Waals surface area contributed by atoms with Crippen molar-refractivity contribution in [1.29, 1.82) is 0 Å². The van der Waals surface area contributed by atoms with Crippen LogP contribution in [0.5, 0.6) is 0 Å². The molecule has 31 heavy (non-hydrogen) atoms. The molecule has 2 atom stereocenters. The van der Waals surface area contributed by atoms with Crippen molar-refractivity contribution in [2.45, 2.75) is 41.3 Å². The van der Waals surface area contributed by atoms with E-state index in [0.717, 1.165) is 18.7 Å². The Morgan fingerprint density at radius 3 is 2.16 bits per heavy atom. The summed E-state index contributed by atoms with van der Waals surface area (Å²) in [6.45, 7) is 2.30. The van der Waals surface area contributed by atoms with Gasteiger partial charge in [0.05, 0.1) is 10.2 Å². The van der Waals surface area contributed by atoms with E-state index in [1.807, 2.05) is 0 Å². The fraction of sp³-hybridized carbons (Fsp3) is 0.304. The van der Waals surface area contributed by atoms with Crippen molar-refractivity contribution in [3.8, 4) is 0 Å². The zero-order chi connectivity index (χ0) is 22.2. The molecule has 2 unspecified atom stereocenters. The average Bonchev–Trinajstić information content (AvgIpc) is 3.24. The molecule has 1 aromatic heterocycles. The Morgan fingerprint density at radius 1 is 0.774 bits per heavy atom. The van der Waals surface area contributed by atoms with E-state index in [4.69, 9.17) is 0 Å². The van der Waals surface area contributed by atoms with Crippen molar-refractivity contribution < 1.29 is 26.3 Å². The predicted octanol–water partition coefficient (Wildman–Crippen LogP) is 6.05. The van der Waals surface area contributed by atoms with Gasteiger partial charge in [0.2, 0.25) is 0 Å². The second-order valence-electron chi connectivity index (χ2n) is 8.53. The normalized spacial score (nSPS) is 31.4. The standard InChI is InChI=1S/C23H14F6S2/c1-19-18(21(24,25)23(28,29)22(19,26)27)15-11-7-3-5-9-13(11)30-17(15)16-12-8-4-6-10-14(12)31-20(16,19)2/h3-10H,1-2H3. The van der Waals surface area contributed by atoms with Gasteiger partial charge in [0.15, 0.2) is 0 Å². The number of alkyl halides is 6. The van der Waals surface area contributed by atoms with E-state index in [0.29, 0.717) is 30.7 Å². The molecule has 3 aliphatic rings. The first-order chi connectivity index (χ1) is 14.4. The van der Waals surface area contributed by atoms with Crippen LogP contribution in [-0.2, 0) is 0 Å². The van der Waals surface area contributed by atoms with E-state index < -0.39 is 33.5 Å². The van der Waals surface area contributed by atoms with Crippen molar-refractivity contribution in [2.24, 2.45) is 5.41 Å². The molecule has 0 radical (unpaired) electrons. The number of halogens is 6. The molecular weight excluding hydrogens is 454 g/mol. The molecule has 0 amide bonds. The summed E-state index contributed by atoms with van der Waals surface area (Å²) < 4.78 is 90.9. The van der Waals surface area contributed by atoms with Crippen LogP contribution in [0.1, 0.15) is 19.4 Å². The molecule has 1 aliphatic heterocycles. The van der Waals surface area contributed by atoms with Crippen molar-refractivity contribution in [3.05, 3.63) is 63.8 Å². The maximum absolute atomic E-state index is 15.6. The lowest BCUT2D eigenvalue weighted by atomic mass is 9.64. The first-order valence-electron chi connectivity index (χ1n) is 9.61. The first kappa shape index (κ1) is 19.7. The third kappa shape index (κ3) is 1.80. The molecule has 2 aromatic carbocycles. The average molecular weight is 468 g/mol. The Labute approximate surface area is 181 Å². The molecule has 2 heterocycles. The number of thiophene rings is 1. The third-order valence-corrected chi connectivity index (χ3v) is 9.99. The van der Waals surface area contributed by atoms with Gasteiger partial charge in [-0.2, -0.15) is 26.3 Å². The second-order valence-corrected chi connectivity index (χ2v) is 11.0. The Kier molecular flexibility index (Phi) is 3.40. The van der Waals surface area contributed by atoms with Crippen LogP contribution < -0.4 is 9.75 Å². The molecule has 160 valence electrons. The van der Waals surface area contributed by atoms with Crippen LogP contribution in [0, 0.1) is 5.41 Å². The van der Waals surface area contributed by atoms with Gasteiger partial charge in [-0.05, 0) is 37.1 Å². The molecule has 0 saturated heterocycles. The minimum Gasteiger partial charge on any atom is -0.199 e. The fourth-order valence-electron chi connectivity index (χ4n) is 5.54. The predicted molar refractivity (Wildman–Crippen MR) is 111 cm³/mol. The van der Waals surface area contributed by atoms with Gasteiger partial charge in [-0.15, -0.1) is 23.1 Å². The highest BCUT2D eigenvalue weighted by atomic mass is 32.2. The van der Waals surface area contributed by atoms with Gasteiger partial charge >= 0.3 is 17.8 Å². The molecule has 3 aromatic rings. The van der Waals surface area contributed by atoms with Gasteiger partial charge in [-0.25, -0.2) is 0 Å². The van der Waals surface area contributed by atoms with Crippen LogP contribution in [0.4, 0.5) is 26.3 Å². The van der Waals surface area contributed by atoms with Gasteiger partial charge < -0.3 is 0 Å². The summed E-state index contributed by atoms with van der Waals surface area (Å²) in [4.78, 5) is 0.625. The summed E-state index contributed by atoms with van der Waals surface area (Å²) in [5.41, 5.74) is -2.88. The smallest absolute Gasteiger partial charge is 0.199 e. The summed E-state index contributed by atoms with van der Waals surface area (Å²) in [5.74, 6) is -15.5. The molecule has 6 rings (SSSR count). The molecule has 0 nitrogen and oxygen atoms in total. The Morgan fingerprint density at radius 2 is 1.42 bits per heavy atom. The Balaban J connectivity index is 1.98. The summed E-state index contributed by atoms with van der Waals surface area (Å²) in [6.07, 6.45) is 0. The number of fused-ring (bicyclic) bond motifs is 8. The van der Waals surface area contributed by atoms with Gasteiger partial charge in [0.25, 0.3) is 0 Å². The van der Waals surface area contributed by atoms with Crippen LogP contribution in [0.3, 0.4) is 0 Å². The lowest BCUT2D eigenvalue weighted by Crippen LogP contribution is -2.59. The molecule has 0 N–H and O–H groups in total. The number of hydrogen-bond donors (Lipinski definition) is 0. The zero-order valence-corrected chi connectivity index (χ0v) is 17.8. The quantitative estimate of drug-likeness (QED) is 0.362. The van der Waals surface area contributed by atoms with Crippen LogP contribution >= 0.6 is 23.1 Å². The number of thioether (sulfide) groups is 1. The molecule has 1 saturated carbocycles. The minimum atomic E-state index is -5.52. The summed E-state index contributed by atoms with van der Waals surface area (Å²) in [6, 6.07) is 13.5. The number of rotatable bonds is 0. The van der Waals surface area contributed by atoms with E-state index in [1.165, 1.54) is 18.3 Å². The molecular formula is C23H14F6S2. The van der Waals surface area contributed by atoms with Crippen molar-refractivity contribution in [1.82, 2.24) is 0 Å². The third-order valence-electron chi connectivity index (χ3n) is 7.20. The van der Waals surface area contributed by atoms with Gasteiger partial charge in [0, 0.05) is 30.3 Å². The highest BCUT2D eigenvalue weighted by Gasteiger charge is 2.91. The van der Waals surface area contributed by atoms with E-state index in [2.05, 4.69) is 0 Å². The van der Waals surface area contributed by atoms with E-state index in [9.17, 15) is 8.78 Å².